The van der Waals surface area contributed by atoms with E-state index in [4.69, 9.17) is 4.74 Å². The van der Waals surface area contributed by atoms with Crippen LogP contribution in [-0.4, -0.2) is 25.4 Å². The molecule has 152 valence electrons. The van der Waals surface area contributed by atoms with Crippen molar-refractivity contribution in [1.82, 2.24) is 19.3 Å². The summed E-state index contributed by atoms with van der Waals surface area (Å²) in [5.74, 6) is 0.883. The molecule has 1 fully saturated rings. The quantitative estimate of drug-likeness (QED) is 0.544. The molecule has 3 aromatic heterocycles. The molecular formula is C20H19F3N4OS. The molecular weight excluding hydrogens is 401 g/mol. The Balaban J connectivity index is 1.55. The lowest BCUT2D eigenvalue weighted by atomic mass is 9.98. The first-order valence-corrected chi connectivity index (χ1v) is 10.1. The molecule has 0 aromatic carbocycles. The van der Waals surface area contributed by atoms with E-state index in [1.165, 1.54) is 6.20 Å². The first kappa shape index (κ1) is 19.8. The van der Waals surface area contributed by atoms with Gasteiger partial charge in [-0.15, -0.1) is 0 Å². The summed E-state index contributed by atoms with van der Waals surface area (Å²) >= 11 is 1.13. The van der Waals surface area contributed by atoms with E-state index in [2.05, 4.69) is 19.3 Å². The summed E-state index contributed by atoms with van der Waals surface area (Å²) in [5.41, 5.74) is 0.428. The van der Waals surface area contributed by atoms with Crippen LogP contribution < -0.4 is 4.74 Å². The molecule has 0 unspecified atom stereocenters. The van der Waals surface area contributed by atoms with Crippen molar-refractivity contribution in [3.8, 4) is 17.3 Å². The van der Waals surface area contributed by atoms with E-state index in [0.717, 1.165) is 36.2 Å². The van der Waals surface area contributed by atoms with Gasteiger partial charge >= 0.3 is 6.18 Å². The molecule has 3 heterocycles. The van der Waals surface area contributed by atoms with Crippen molar-refractivity contribution in [2.45, 2.75) is 51.3 Å². The SMILES string of the molecule is CC(C)c1cnc(Cc2nc(-c3cc(OC4CC4)ccn3)ns2)cc1C(F)(F)F. The number of hydrogen-bond acceptors (Lipinski definition) is 6. The van der Waals surface area contributed by atoms with Crippen LogP contribution in [0.5, 0.6) is 5.75 Å². The lowest BCUT2D eigenvalue weighted by Gasteiger charge is -2.16. The predicted molar refractivity (Wildman–Crippen MR) is 103 cm³/mol. The average Bonchev–Trinajstić information content (AvgIpc) is 3.36. The molecule has 5 nitrogen and oxygen atoms in total. The normalized spacial score (nSPS) is 14.4. The van der Waals surface area contributed by atoms with E-state index in [1.807, 2.05) is 0 Å². The Bertz CT molecular complexity index is 1010. The summed E-state index contributed by atoms with van der Waals surface area (Å²) in [4.78, 5) is 12.9. The molecule has 0 bridgehead atoms. The molecule has 29 heavy (non-hydrogen) atoms. The molecule has 9 heteroatoms. The van der Waals surface area contributed by atoms with Gasteiger partial charge in [-0.25, -0.2) is 4.98 Å². The second kappa shape index (κ2) is 7.70. The van der Waals surface area contributed by atoms with Crippen molar-refractivity contribution < 1.29 is 17.9 Å². The number of pyridine rings is 2. The molecule has 0 amide bonds. The molecule has 4 rings (SSSR count). The van der Waals surface area contributed by atoms with Crippen LogP contribution >= 0.6 is 11.5 Å². The number of ether oxygens (including phenoxy) is 1. The van der Waals surface area contributed by atoms with E-state index in [0.29, 0.717) is 22.2 Å². The molecule has 0 saturated heterocycles. The zero-order valence-corrected chi connectivity index (χ0v) is 16.7. The Hall–Kier alpha value is -2.55. The van der Waals surface area contributed by atoms with E-state index in [1.54, 1.807) is 32.2 Å². The van der Waals surface area contributed by atoms with Crippen molar-refractivity contribution in [1.29, 1.82) is 0 Å². The monoisotopic (exact) mass is 420 g/mol. The molecule has 0 spiro atoms. The summed E-state index contributed by atoms with van der Waals surface area (Å²) < 4.78 is 50.3. The van der Waals surface area contributed by atoms with Gasteiger partial charge in [0.25, 0.3) is 0 Å². The average molecular weight is 420 g/mol. The van der Waals surface area contributed by atoms with Crippen LogP contribution in [0.3, 0.4) is 0 Å². The Morgan fingerprint density at radius 3 is 2.69 bits per heavy atom. The summed E-state index contributed by atoms with van der Waals surface area (Å²) in [6, 6.07) is 4.67. The van der Waals surface area contributed by atoms with Gasteiger partial charge in [0.2, 0.25) is 0 Å². The van der Waals surface area contributed by atoms with Crippen molar-refractivity contribution >= 4 is 11.5 Å². The molecule has 0 N–H and O–H groups in total. The highest BCUT2D eigenvalue weighted by atomic mass is 32.1. The lowest BCUT2D eigenvalue weighted by molar-refractivity contribution is -0.138. The number of alkyl halides is 3. The molecule has 0 radical (unpaired) electrons. The van der Waals surface area contributed by atoms with Crippen molar-refractivity contribution in [2.75, 3.05) is 0 Å². The molecule has 1 saturated carbocycles. The Morgan fingerprint density at radius 1 is 1.21 bits per heavy atom. The predicted octanol–water partition coefficient (Wildman–Crippen LogP) is 5.27. The van der Waals surface area contributed by atoms with Gasteiger partial charge in [0.05, 0.1) is 11.7 Å². The lowest BCUT2D eigenvalue weighted by Crippen LogP contribution is -2.12. The van der Waals surface area contributed by atoms with Gasteiger partial charge in [-0.2, -0.15) is 17.5 Å². The van der Waals surface area contributed by atoms with Crippen LogP contribution in [0, 0.1) is 0 Å². The Labute approximate surface area is 170 Å². The zero-order chi connectivity index (χ0) is 20.6. The van der Waals surface area contributed by atoms with Crippen molar-refractivity contribution in [3.63, 3.8) is 0 Å². The van der Waals surface area contributed by atoms with Crippen LogP contribution in [0.4, 0.5) is 13.2 Å². The van der Waals surface area contributed by atoms with Gasteiger partial charge in [0.1, 0.15) is 16.5 Å². The fourth-order valence-corrected chi connectivity index (χ4v) is 3.55. The summed E-state index contributed by atoms with van der Waals surface area (Å²) in [7, 11) is 0. The minimum Gasteiger partial charge on any atom is -0.490 e. The number of halogens is 3. The maximum Gasteiger partial charge on any atom is 0.416 e. The van der Waals surface area contributed by atoms with E-state index in [9.17, 15) is 13.2 Å². The molecule has 3 aromatic rings. The molecule has 0 atom stereocenters. The first-order chi connectivity index (χ1) is 13.8. The van der Waals surface area contributed by atoms with Gasteiger partial charge < -0.3 is 4.74 Å². The van der Waals surface area contributed by atoms with E-state index < -0.39 is 11.7 Å². The highest BCUT2D eigenvalue weighted by molar-refractivity contribution is 7.05. The maximum absolute atomic E-state index is 13.4. The summed E-state index contributed by atoms with van der Waals surface area (Å²) in [6.07, 6.45) is 1.08. The van der Waals surface area contributed by atoms with E-state index in [-0.39, 0.29) is 24.0 Å². The van der Waals surface area contributed by atoms with Crippen LogP contribution in [0.2, 0.25) is 0 Å². The molecule has 1 aliphatic rings. The van der Waals surface area contributed by atoms with Crippen LogP contribution in [0.25, 0.3) is 11.5 Å². The highest BCUT2D eigenvalue weighted by Gasteiger charge is 2.34. The highest BCUT2D eigenvalue weighted by Crippen LogP contribution is 2.35. The third-order valence-electron chi connectivity index (χ3n) is 4.51. The Kier molecular flexibility index (Phi) is 5.24. The fraction of sp³-hybridized carbons (Fsp3) is 0.400. The van der Waals surface area contributed by atoms with Gasteiger partial charge in [-0.1, -0.05) is 13.8 Å². The second-order valence-corrected chi connectivity index (χ2v) is 8.13. The summed E-state index contributed by atoms with van der Waals surface area (Å²) in [6.45, 7) is 3.44. The smallest absolute Gasteiger partial charge is 0.416 e. The van der Waals surface area contributed by atoms with Crippen LogP contribution in [0.15, 0.2) is 30.6 Å². The summed E-state index contributed by atoms with van der Waals surface area (Å²) in [5, 5.41) is 0.577. The largest absolute Gasteiger partial charge is 0.490 e. The molecule has 1 aliphatic carbocycles. The number of nitrogens with zero attached hydrogens (tertiary/aromatic N) is 4. The Morgan fingerprint density at radius 2 is 2.00 bits per heavy atom. The third-order valence-corrected chi connectivity index (χ3v) is 5.22. The van der Waals surface area contributed by atoms with Crippen molar-refractivity contribution in [3.05, 3.63) is 52.4 Å². The minimum absolute atomic E-state index is 0.178. The topological polar surface area (TPSA) is 60.8 Å². The number of aromatic nitrogens is 4. The second-order valence-electron chi connectivity index (χ2n) is 7.30. The fourth-order valence-electron chi connectivity index (χ4n) is 2.88. The number of hydrogen-bond donors (Lipinski definition) is 0. The van der Waals surface area contributed by atoms with Gasteiger partial charge in [0.15, 0.2) is 5.82 Å². The van der Waals surface area contributed by atoms with Crippen LogP contribution in [0.1, 0.15) is 54.4 Å². The van der Waals surface area contributed by atoms with E-state index >= 15 is 0 Å². The van der Waals surface area contributed by atoms with Crippen molar-refractivity contribution in [2.24, 2.45) is 0 Å². The maximum atomic E-state index is 13.4. The third kappa shape index (κ3) is 4.72. The standard InChI is InChI=1S/C20H19F3N4OS/c1-11(2)15-10-25-12(7-16(15)20(21,22)23)8-18-26-19(27-29-18)17-9-14(5-6-24-17)28-13-3-4-13/h5-7,9-11,13H,3-4,8H2,1-2H3. The van der Waals surface area contributed by atoms with Gasteiger partial charge in [-0.05, 0) is 48.0 Å². The zero-order valence-electron chi connectivity index (χ0n) is 15.9. The van der Waals surface area contributed by atoms with Crippen LogP contribution in [-0.2, 0) is 12.6 Å². The van der Waals surface area contributed by atoms with Gasteiger partial charge in [0, 0.05) is 30.6 Å². The number of rotatable bonds is 6. The molecule has 0 aliphatic heterocycles. The first-order valence-electron chi connectivity index (χ1n) is 9.31. The van der Waals surface area contributed by atoms with Gasteiger partial charge in [-0.3, -0.25) is 9.97 Å². The minimum atomic E-state index is -4.42.